The van der Waals surface area contributed by atoms with Gasteiger partial charge in [-0.05, 0) is 29.8 Å². The monoisotopic (exact) mass is 344 g/mol. The summed E-state index contributed by atoms with van der Waals surface area (Å²) in [5.41, 5.74) is 2.17. The van der Waals surface area contributed by atoms with Crippen LogP contribution in [0.25, 0.3) is 0 Å². The number of methoxy groups -OCH3 is 2. The van der Waals surface area contributed by atoms with Gasteiger partial charge in [0, 0.05) is 11.6 Å². The topological polar surface area (TPSA) is 126 Å². The fourth-order valence-electron chi connectivity index (χ4n) is 1.93. The maximum atomic E-state index is 12.0. The van der Waals surface area contributed by atoms with E-state index in [2.05, 4.69) is 10.5 Å². The average Bonchev–Trinajstić information content (AvgIpc) is 2.62. The first-order valence-electron chi connectivity index (χ1n) is 6.97. The SMILES string of the molecule is COc1ccc(C(=O)N/N=C\c2cc([N+](=O)[O-])cc(OC)c2[O-])cc1. The number of nitrogens with zero attached hydrogens (tertiary/aromatic N) is 2. The van der Waals surface area contributed by atoms with E-state index in [4.69, 9.17) is 9.47 Å². The van der Waals surface area contributed by atoms with Gasteiger partial charge < -0.3 is 14.6 Å². The van der Waals surface area contributed by atoms with Crippen LogP contribution in [0, 0.1) is 10.1 Å². The van der Waals surface area contributed by atoms with Crippen LogP contribution in [0.15, 0.2) is 41.5 Å². The molecule has 0 aliphatic rings. The van der Waals surface area contributed by atoms with Gasteiger partial charge in [-0.25, -0.2) is 5.43 Å². The van der Waals surface area contributed by atoms with Crippen molar-refractivity contribution in [3.63, 3.8) is 0 Å². The minimum atomic E-state index is -0.658. The highest BCUT2D eigenvalue weighted by molar-refractivity contribution is 5.95. The van der Waals surface area contributed by atoms with Gasteiger partial charge in [-0.2, -0.15) is 5.10 Å². The average molecular weight is 344 g/mol. The molecule has 9 heteroatoms. The Bertz CT molecular complexity index is 817. The molecule has 0 spiro atoms. The Morgan fingerprint density at radius 1 is 1.20 bits per heavy atom. The van der Waals surface area contributed by atoms with Gasteiger partial charge in [-0.3, -0.25) is 14.9 Å². The van der Waals surface area contributed by atoms with Crippen LogP contribution in [-0.2, 0) is 0 Å². The molecule has 2 aromatic rings. The molecule has 25 heavy (non-hydrogen) atoms. The van der Waals surface area contributed by atoms with Gasteiger partial charge in [-0.15, -0.1) is 0 Å². The number of rotatable bonds is 6. The zero-order valence-electron chi connectivity index (χ0n) is 13.4. The van der Waals surface area contributed by atoms with Crippen molar-refractivity contribution in [2.75, 3.05) is 14.2 Å². The molecule has 0 aliphatic carbocycles. The maximum Gasteiger partial charge on any atom is 0.273 e. The van der Waals surface area contributed by atoms with Gasteiger partial charge >= 0.3 is 0 Å². The highest BCUT2D eigenvalue weighted by atomic mass is 16.6. The van der Waals surface area contributed by atoms with Gasteiger partial charge in [-0.1, -0.05) is 5.75 Å². The summed E-state index contributed by atoms with van der Waals surface area (Å²) < 4.78 is 9.81. The Kier molecular flexibility index (Phi) is 5.51. The van der Waals surface area contributed by atoms with Gasteiger partial charge in [0.25, 0.3) is 11.6 Å². The van der Waals surface area contributed by atoms with E-state index >= 15 is 0 Å². The number of nitrogens with one attached hydrogen (secondary N) is 1. The summed E-state index contributed by atoms with van der Waals surface area (Å²) in [6.45, 7) is 0. The zero-order chi connectivity index (χ0) is 18.4. The lowest BCUT2D eigenvalue weighted by Crippen LogP contribution is -2.17. The van der Waals surface area contributed by atoms with E-state index in [9.17, 15) is 20.0 Å². The van der Waals surface area contributed by atoms with Crippen molar-refractivity contribution in [3.05, 3.63) is 57.6 Å². The maximum absolute atomic E-state index is 12.0. The summed E-state index contributed by atoms with van der Waals surface area (Å²) in [5.74, 6) is -0.670. The molecular formula is C16H14N3O6-. The number of hydrogen-bond donors (Lipinski definition) is 1. The van der Waals surface area contributed by atoms with E-state index in [-0.39, 0.29) is 17.0 Å². The Hall–Kier alpha value is -3.62. The highest BCUT2D eigenvalue weighted by Gasteiger charge is 2.11. The molecule has 0 saturated carbocycles. The Morgan fingerprint density at radius 2 is 1.88 bits per heavy atom. The predicted octanol–water partition coefficient (Wildman–Crippen LogP) is 1.45. The Morgan fingerprint density at radius 3 is 2.44 bits per heavy atom. The molecule has 1 N–H and O–H groups in total. The van der Waals surface area contributed by atoms with E-state index in [1.54, 1.807) is 24.3 Å². The largest absolute Gasteiger partial charge is 0.870 e. The third kappa shape index (κ3) is 4.22. The van der Waals surface area contributed by atoms with Crippen LogP contribution in [0.5, 0.6) is 17.2 Å². The third-order valence-electron chi connectivity index (χ3n) is 3.22. The van der Waals surface area contributed by atoms with Crippen LogP contribution < -0.4 is 20.0 Å². The molecule has 2 aromatic carbocycles. The molecule has 0 radical (unpaired) electrons. The van der Waals surface area contributed by atoms with E-state index in [1.165, 1.54) is 14.2 Å². The molecular weight excluding hydrogens is 330 g/mol. The molecule has 0 saturated heterocycles. The molecule has 2 rings (SSSR count). The minimum Gasteiger partial charge on any atom is -0.870 e. The lowest BCUT2D eigenvalue weighted by Gasteiger charge is -2.14. The number of hydrazone groups is 1. The van der Waals surface area contributed by atoms with Crippen molar-refractivity contribution in [3.8, 4) is 17.2 Å². The number of hydrogen-bond acceptors (Lipinski definition) is 7. The first kappa shape index (κ1) is 17.7. The quantitative estimate of drug-likeness (QED) is 0.480. The molecule has 0 fully saturated rings. The fraction of sp³-hybridized carbons (Fsp3) is 0.125. The van der Waals surface area contributed by atoms with Gasteiger partial charge in [0.05, 0.1) is 31.4 Å². The Labute approximate surface area is 142 Å². The predicted molar refractivity (Wildman–Crippen MR) is 87.1 cm³/mol. The molecule has 0 aliphatic heterocycles. The van der Waals surface area contributed by atoms with Crippen molar-refractivity contribution in [2.24, 2.45) is 5.10 Å². The number of benzene rings is 2. The molecule has 0 aromatic heterocycles. The number of ether oxygens (including phenoxy) is 2. The number of carbonyl (C=O) groups is 1. The summed E-state index contributed by atoms with van der Waals surface area (Å²) in [4.78, 5) is 22.2. The first-order valence-corrected chi connectivity index (χ1v) is 6.97. The summed E-state index contributed by atoms with van der Waals surface area (Å²) in [6.07, 6.45) is 1.03. The second kappa shape index (κ2) is 7.77. The van der Waals surface area contributed by atoms with E-state index in [1.807, 2.05) is 0 Å². The normalized spacial score (nSPS) is 10.5. The number of carbonyl (C=O) groups excluding carboxylic acids is 1. The smallest absolute Gasteiger partial charge is 0.273 e. The van der Waals surface area contributed by atoms with E-state index in [0.717, 1.165) is 18.3 Å². The number of nitro groups is 1. The fourth-order valence-corrected chi connectivity index (χ4v) is 1.93. The van der Waals surface area contributed by atoms with Gasteiger partial charge in [0.15, 0.2) is 0 Å². The molecule has 0 heterocycles. The lowest BCUT2D eigenvalue weighted by atomic mass is 10.1. The van der Waals surface area contributed by atoms with E-state index < -0.39 is 16.6 Å². The molecule has 0 bridgehead atoms. The van der Waals surface area contributed by atoms with Crippen molar-refractivity contribution in [2.45, 2.75) is 0 Å². The third-order valence-corrected chi connectivity index (χ3v) is 3.22. The standard InChI is InChI=1S/C16H15N3O6/c1-24-13-5-3-10(4-6-13)16(21)18-17-9-11-7-12(19(22)23)8-14(25-2)15(11)20/h3-9,20H,1-2H3,(H,18,21)/p-1/b17-9-. The molecule has 130 valence electrons. The van der Waals surface area contributed by atoms with Crippen LogP contribution in [0.4, 0.5) is 5.69 Å². The van der Waals surface area contributed by atoms with E-state index in [0.29, 0.717) is 11.3 Å². The van der Waals surface area contributed by atoms with Crippen LogP contribution in [0.1, 0.15) is 15.9 Å². The Balaban J connectivity index is 2.16. The summed E-state index contributed by atoms with van der Waals surface area (Å²) >= 11 is 0. The lowest BCUT2D eigenvalue weighted by molar-refractivity contribution is -0.385. The van der Waals surface area contributed by atoms with Crippen LogP contribution in [0.2, 0.25) is 0 Å². The second-order valence-electron chi connectivity index (χ2n) is 4.75. The second-order valence-corrected chi connectivity index (χ2v) is 4.75. The summed E-state index contributed by atoms with van der Waals surface area (Å²) in [6, 6.07) is 8.38. The van der Waals surface area contributed by atoms with Crippen LogP contribution in [-0.4, -0.2) is 31.3 Å². The zero-order valence-corrected chi connectivity index (χ0v) is 13.4. The van der Waals surface area contributed by atoms with Crippen molar-refractivity contribution in [1.29, 1.82) is 0 Å². The van der Waals surface area contributed by atoms with Crippen molar-refractivity contribution < 1.29 is 24.3 Å². The molecule has 0 atom stereocenters. The van der Waals surface area contributed by atoms with Crippen molar-refractivity contribution >= 4 is 17.8 Å². The minimum absolute atomic E-state index is 0.0823. The van der Waals surface area contributed by atoms with Crippen molar-refractivity contribution in [1.82, 2.24) is 5.43 Å². The summed E-state index contributed by atoms with van der Waals surface area (Å²) in [5, 5.41) is 26.6. The number of amides is 1. The van der Waals surface area contributed by atoms with Gasteiger partial charge in [0.2, 0.25) is 0 Å². The van der Waals surface area contributed by atoms with Crippen LogP contribution in [0.3, 0.4) is 0 Å². The molecule has 0 unspecified atom stereocenters. The molecule has 1 amide bonds. The molecule has 9 nitrogen and oxygen atoms in total. The number of nitro benzene ring substituents is 1. The van der Waals surface area contributed by atoms with Crippen LogP contribution >= 0.6 is 0 Å². The first-order chi connectivity index (χ1) is 12.0. The summed E-state index contributed by atoms with van der Waals surface area (Å²) in [7, 11) is 2.74. The van der Waals surface area contributed by atoms with Gasteiger partial charge in [0.1, 0.15) is 11.5 Å². The number of non-ortho nitro benzene ring substituents is 1. The highest BCUT2D eigenvalue weighted by Crippen LogP contribution is 2.31.